The van der Waals surface area contributed by atoms with Crippen molar-refractivity contribution in [1.82, 2.24) is 15.4 Å². The first-order chi connectivity index (χ1) is 17.4. The van der Waals surface area contributed by atoms with Gasteiger partial charge in [0.1, 0.15) is 11.3 Å². The SMILES string of the molecule is Cc1cc(NC(=O)CCC(=O)N(Cc2cccs2)[C@]2(C(=O)NC3CCCCC3)CCCC[C@H]2C)no1. The molecule has 0 spiro atoms. The number of nitrogens with one attached hydrogen (secondary N) is 2. The van der Waals surface area contributed by atoms with Gasteiger partial charge in [0, 0.05) is 29.8 Å². The molecule has 0 aliphatic heterocycles. The molecule has 0 aromatic carbocycles. The van der Waals surface area contributed by atoms with Gasteiger partial charge in [-0.25, -0.2) is 0 Å². The number of hydrogen-bond acceptors (Lipinski definition) is 6. The molecule has 9 heteroatoms. The zero-order valence-electron chi connectivity index (χ0n) is 21.4. The molecule has 2 aromatic heterocycles. The average molecular weight is 515 g/mol. The lowest BCUT2D eigenvalue weighted by Crippen LogP contribution is -2.65. The number of amides is 3. The fraction of sp³-hybridized carbons (Fsp3) is 0.630. The number of anilines is 1. The van der Waals surface area contributed by atoms with E-state index >= 15 is 0 Å². The summed E-state index contributed by atoms with van der Waals surface area (Å²) in [6.07, 6.45) is 9.02. The van der Waals surface area contributed by atoms with E-state index in [9.17, 15) is 14.4 Å². The van der Waals surface area contributed by atoms with Crippen LogP contribution >= 0.6 is 11.3 Å². The van der Waals surface area contributed by atoms with Crippen LogP contribution in [0.4, 0.5) is 5.82 Å². The van der Waals surface area contributed by atoms with Crippen molar-refractivity contribution in [3.63, 3.8) is 0 Å². The zero-order valence-corrected chi connectivity index (χ0v) is 22.2. The molecular weight excluding hydrogens is 476 g/mol. The molecule has 3 amide bonds. The summed E-state index contributed by atoms with van der Waals surface area (Å²) in [7, 11) is 0. The second-order valence-electron chi connectivity index (χ2n) is 10.3. The molecule has 8 nitrogen and oxygen atoms in total. The van der Waals surface area contributed by atoms with E-state index in [1.54, 1.807) is 29.2 Å². The van der Waals surface area contributed by atoms with E-state index in [1.807, 2.05) is 17.5 Å². The van der Waals surface area contributed by atoms with Crippen LogP contribution in [0.3, 0.4) is 0 Å². The number of rotatable bonds is 9. The largest absolute Gasteiger partial charge is 0.360 e. The highest BCUT2D eigenvalue weighted by atomic mass is 32.1. The molecule has 0 saturated heterocycles. The van der Waals surface area contributed by atoms with E-state index < -0.39 is 5.54 Å². The van der Waals surface area contributed by atoms with Crippen molar-refractivity contribution in [3.05, 3.63) is 34.2 Å². The lowest BCUT2D eigenvalue weighted by atomic mass is 9.71. The van der Waals surface area contributed by atoms with Crippen molar-refractivity contribution in [2.45, 2.75) is 103 Å². The monoisotopic (exact) mass is 514 g/mol. The summed E-state index contributed by atoms with van der Waals surface area (Å²) in [6.45, 7) is 4.23. The summed E-state index contributed by atoms with van der Waals surface area (Å²) < 4.78 is 5.00. The van der Waals surface area contributed by atoms with Gasteiger partial charge in [0.25, 0.3) is 0 Å². The van der Waals surface area contributed by atoms with Gasteiger partial charge in [-0.1, -0.05) is 50.3 Å². The molecule has 2 N–H and O–H groups in total. The van der Waals surface area contributed by atoms with Crippen molar-refractivity contribution >= 4 is 34.9 Å². The van der Waals surface area contributed by atoms with Crippen LogP contribution in [-0.2, 0) is 20.9 Å². The molecule has 0 radical (unpaired) electrons. The number of aryl methyl sites for hydroxylation is 1. The Balaban J connectivity index is 1.54. The first-order valence-electron chi connectivity index (χ1n) is 13.3. The minimum absolute atomic E-state index is 0.0143. The van der Waals surface area contributed by atoms with Gasteiger partial charge < -0.3 is 20.1 Å². The molecule has 2 aliphatic carbocycles. The summed E-state index contributed by atoms with van der Waals surface area (Å²) in [4.78, 5) is 43.2. The Morgan fingerprint density at radius 3 is 2.58 bits per heavy atom. The highest BCUT2D eigenvalue weighted by Crippen LogP contribution is 2.41. The molecule has 196 valence electrons. The fourth-order valence-corrected chi connectivity index (χ4v) is 6.44. The lowest BCUT2D eigenvalue weighted by molar-refractivity contribution is -0.156. The Hall–Kier alpha value is -2.68. The summed E-state index contributed by atoms with van der Waals surface area (Å²) in [5, 5.41) is 11.8. The molecule has 2 fully saturated rings. The van der Waals surface area contributed by atoms with Crippen LogP contribution in [-0.4, -0.2) is 39.4 Å². The van der Waals surface area contributed by atoms with Gasteiger partial charge in [-0.05, 0) is 50.0 Å². The third-order valence-electron chi connectivity index (χ3n) is 7.73. The van der Waals surface area contributed by atoms with Gasteiger partial charge in [-0.2, -0.15) is 0 Å². The molecule has 2 aliphatic rings. The summed E-state index contributed by atoms with van der Waals surface area (Å²) in [5.74, 6) is 0.484. The van der Waals surface area contributed by atoms with Gasteiger partial charge in [0.15, 0.2) is 5.82 Å². The van der Waals surface area contributed by atoms with Crippen LogP contribution in [0, 0.1) is 12.8 Å². The molecule has 36 heavy (non-hydrogen) atoms. The molecule has 2 heterocycles. The van der Waals surface area contributed by atoms with Crippen LogP contribution in [0.2, 0.25) is 0 Å². The molecule has 2 atom stereocenters. The third-order valence-corrected chi connectivity index (χ3v) is 8.59. The second kappa shape index (κ2) is 12.0. The van der Waals surface area contributed by atoms with Crippen molar-refractivity contribution in [2.75, 3.05) is 5.32 Å². The van der Waals surface area contributed by atoms with E-state index in [0.717, 1.165) is 49.8 Å². The van der Waals surface area contributed by atoms with Crippen molar-refractivity contribution < 1.29 is 18.9 Å². The molecule has 4 rings (SSSR count). The van der Waals surface area contributed by atoms with E-state index in [-0.39, 0.29) is 42.5 Å². The van der Waals surface area contributed by atoms with E-state index in [0.29, 0.717) is 24.5 Å². The van der Waals surface area contributed by atoms with Gasteiger partial charge in [0.2, 0.25) is 17.7 Å². The van der Waals surface area contributed by atoms with Gasteiger partial charge in [-0.3, -0.25) is 14.4 Å². The zero-order chi connectivity index (χ0) is 25.5. The summed E-state index contributed by atoms with van der Waals surface area (Å²) in [6, 6.07) is 5.78. The number of nitrogens with zero attached hydrogens (tertiary/aromatic N) is 2. The molecule has 0 bridgehead atoms. The minimum Gasteiger partial charge on any atom is -0.360 e. The van der Waals surface area contributed by atoms with Crippen LogP contribution in [0.25, 0.3) is 0 Å². The predicted molar refractivity (Wildman–Crippen MR) is 139 cm³/mol. The predicted octanol–water partition coefficient (Wildman–Crippen LogP) is 5.19. The van der Waals surface area contributed by atoms with Crippen LogP contribution in [0.15, 0.2) is 28.1 Å². The number of carbonyl (C=O) groups excluding carboxylic acids is 3. The maximum atomic E-state index is 14.1. The number of hydrogen-bond donors (Lipinski definition) is 2. The van der Waals surface area contributed by atoms with Gasteiger partial charge in [0.05, 0.1) is 6.54 Å². The van der Waals surface area contributed by atoms with Crippen molar-refractivity contribution in [3.8, 4) is 0 Å². The third kappa shape index (κ3) is 6.17. The Kier molecular flexibility index (Phi) is 8.82. The van der Waals surface area contributed by atoms with E-state index in [1.165, 1.54) is 6.42 Å². The second-order valence-corrected chi connectivity index (χ2v) is 11.3. The van der Waals surface area contributed by atoms with E-state index in [2.05, 4.69) is 22.7 Å². The maximum absolute atomic E-state index is 14.1. The molecular formula is C27H38N4O4S. The Morgan fingerprint density at radius 1 is 1.14 bits per heavy atom. The number of aromatic nitrogens is 1. The fourth-order valence-electron chi connectivity index (χ4n) is 5.74. The van der Waals surface area contributed by atoms with Gasteiger partial charge >= 0.3 is 0 Å². The first kappa shape index (κ1) is 26.4. The molecule has 2 saturated carbocycles. The van der Waals surface area contributed by atoms with Crippen LogP contribution in [0.1, 0.15) is 88.2 Å². The first-order valence-corrected chi connectivity index (χ1v) is 14.1. The molecule has 2 aromatic rings. The summed E-state index contributed by atoms with van der Waals surface area (Å²) in [5.41, 5.74) is -0.906. The average Bonchev–Trinajstić information content (AvgIpc) is 3.54. The Morgan fingerprint density at radius 2 is 1.92 bits per heavy atom. The lowest BCUT2D eigenvalue weighted by Gasteiger charge is -2.49. The standard InChI is InChI=1S/C27H38N4O4S/c1-19-9-6-7-15-27(19,26(34)28-21-10-4-3-5-11-21)31(18-22-12-8-16-36-22)25(33)14-13-24(32)29-23-17-20(2)35-30-23/h8,12,16-17,19,21H,3-7,9-11,13-15,18H2,1-2H3,(H,28,34)(H,29,30,32)/t19-,27-/m1/s1. The summed E-state index contributed by atoms with van der Waals surface area (Å²) >= 11 is 1.58. The van der Waals surface area contributed by atoms with Crippen LogP contribution in [0.5, 0.6) is 0 Å². The van der Waals surface area contributed by atoms with Gasteiger partial charge in [-0.15, -0.1) is 11.3 Å². The highest BCUT2D eigenvalue weighted by Gasteiger charge is 2.51. The normalized spacial score (nSPS) is 22.7. The topological polar surface area (TPSA) is 105 Å². The Labute approximate surface area is 217 Å². The molecule has 0 unspecified atom stereocenters. The van der Waals surface area contributed by atoms with Crippen molar-refractivity contribution in [1.29, 1.82) is 0 Å². The highest BCUT2D eigenvalue weighted by molar-refractivity contribution is 7.09. The van der Waals surface area contributed by atoms with E-state index in [4.69, 9.17) is 4.52 Å². The maximum Gasteiger partial charge on any atom is 0.246 e. The van der Waals surface area contributed by atoms with Crippen molar-refractivity contribution in [2.24, 2.45) is 5.92 Å². The number of carbonyl (C=O) groups is 3. The number of thiophene rings is 1. The minimum atomic E-state index is -0.906. The smallest absolute Gasteiger partial charge is 0.246 e. The Bertz CT molecular complexity index is 1030. The van der Waals surface area contributed by atoms with Crippen LogP contribution < -0.4 is 10.6 Å². The quantitative estimate of drug-likeness (QED) is 0.479.